The van der Waals surface area contributed by atoms with Crippen molar-refractivity contribution in [3.63, 3.8) is 0 Å². The largest absolute Gasteiger partial charge is 0.434 e. The van der Waals surface area contributed by atoms with Crippen LogP contribution in [0.25, 0.3) is 0 Å². The molecule has 2 atom stereocenters. The molecule has 2 N–H and O–H groups in total. The molecule has 2 aromatic rings. The van der Waals surface area contributed by atoms with Gasteiger partial charge in [-0.05, 0) is 47.6 Å². The molecular formula is C17H17Cl2IN2O4. The minimum atomic E-state index is -1.10. The topological polar surface area (TPSA) is 84.6 Å². The second-order valence-corrected chi connectivity index (χ2v) is 8.58. The van der Waals surface area contributed by atoms with E-state index in [0.717, 1.165) is 8.25 Å². The average molecular weight is 511 g/mol. The van der Waals surface area contributed by atoms with Gasteiger partial charge in [0.25, 0.3) is 5.56 Å². The van der Waals surface area contributed by atoms with Gasteiger partial charge < -0.3 is 14.9 Å². The number of nitrogens with zero attached hydrogens (tertiary/aromatic N) is 2. The Morgan fingerprint density at radius 3 is 2.31 bits per heavy atom. The molecule has 0 amide bonds. The molecule has 1 heterocycles. The van der Waals surface area contributed by atoms with E-state index in [4.69, 9.17) is 27.9 Å². The van der Waals surface area contributed by atoms with Crippen molar-refractivity contribution < 1.29 is 14.9 Å². The Kier molecular flexibility index (Phi) is 5.56. The molecule has 140 valence electrons. The second kappa shape index (κ2) is 7.27. The van der Waals surface area contributed by atoms with Crippen LogP contribution in [-0.4, -0.2) is 32.2 Å². The van der Waals surface area contributed by atoms with Gasteiger partial charge >= 0.3 is 0 Å². The Morgan fingerprint density at radius 1 is 1.23 bits per heavy atom. The third-order valence-electron chi connectivity index (χ3n) is 4.89. The summed E-state index contributed by atoms with van der Waals surface area (Å²) in [6.07, 6.45) is -0.862. The van der Waals surface area contributed by atoms with Crippen molar-refractivity contribution >= 4 is 45.8 Å². The Balaban J connectivity index is 2.09. The predicted molar refractivity (Wildman–Crippen MR) is 107 cm³/mol. The van der Waals surface area contributed by atoms with Gasteiger partial charge in [-0.15, -0.1) is 5.10 Å². The summed E-state index contributed by atoms with van der Waals surface area (Å²) in [7, 11) is 1.48. The lowest BCUT2D eigenvalue weighted by atomic mass is 9.78. The smallest absolute Gasteiger partial charge is 0.270 e. The minimum Gasteiger partial charge on any atom is -0.434 e. The number of halogens is 3. The molecule has 6 nitrogen and oxygen atoms in total. The zero-order valence-electron chi connectivity index (χ0n) is 14.0. The van der Waals surface area contributed by atoms with Gasteiger partial charge in [0.15, 0.2) is 5.75 Å². The van der Waals surface area contributed by atoms with E-state index in [1.54, 1.807) is 19.1 Å². The van der Waals surface area contributed by atoms with Crippen LogP contribution < -0.4 is 10.3 Å². The van der Waals surface area contributed by atoms with E-state index in [2.05, 4.69) is 27.7 Å². The molecule has 0 bridgehead atoms. The molecule has 1 fully saturated rings. The van der Waals surface area contributed by atoms with E-state index in [0.29, 0.717) is 22.9 Å². The molecule has 0 aliphatic heterocycles. The Labute approximate surface area is 173 Å². The highest BCUT2D eigenvalue weighted by atomic mass is 127. The number of aromatic nitrogens is 2. The van der Waals surface area contributed by atoms with Gasteiger partial charge in [-0.2, -0.15) is 0 Å². The monoisotopic (exact) mass is 510 g/mol. The van der Waals surface area contributed by atoms with Crippen LogP contribution in [0.4, 0.5) is 0 Å². The third kappa shape index (κ3) is 3.35. The van der Waals surface area contributed by atoms with Crippen molar-refractivity contribution in [2.24, 2.45) is 7.05 Å². The van der Waals surface area contributed by atoms with E-state index in [1.165, 1.54) is 13.1 Å². The minimum absolute atomic E-state index is 0.0969. The molecule has 1 saturated carbocycles. The fourth-order valence-electron chi connectivity index (χ4n) is 3.24. The highest BCUT2D eigenvalue weighted by Gasteiger charge is 2.48. The van der Waals surface area contributed by atoms with Crippen molar-refractivity contribution in [2.75, 3.05) is 0 Å². The molecule has 1 aromatic carbocycles. The first-order chi connectivity index (χ1) is 12.1. The molecule has 2 unspecified atom stereocenters. The Morgan fingerprint density at radius 2 is 1.77 bits per heavy atom. The van der Waals surface area contributed by atoms with E-state index in [9.17, 15) is 15.0 Å². The van der Waals surface area contributed by atoms with Gasteiger partial charge in [-0.1, -0.05) is 30.1 Å². The van der Waals surface area contributed by atoms with E-state index in [-0.39, 0.29) is 17.2 Å². The summed E-state index contributed by atoms with van der Waals surface area (Å²) in [6, 6.07) is 4.82. The molecule has 0 spiro atoms. The molecular weight excluding hydrogens is 494 g/mol. The molecule has 1 aromatic heterocycles. The number of hydrogen-bond donors (Lipinski definition) is 2. The Hall–Kier alpha value is -0.870. The lowest BCUT2D eigenvalue weighted by Gasteiger charge is -2.31. The normalized spacial score (nSPS) is 25.5. The summed E-state index contributed by atoms with van der Waals surface area (Å²) in [5, 5.41) is 25.5. The van der Waals surface area contributed by atoms with Gasteiger partial charge in [0.1, 0.15) is 0 Å². The standard InChI is InChI=1S/C17H17Cl2IN2O4/c1-17(12(23)3-4-13(17)24)9-7-14(21-22(2)16(9)25)26-15-10(18)5-8(20)6-11(15)19/h5-7,12-13,23-24H,3-4H2,1-2H3. The summed E-state index contributed by atoms with van der Waals surface area (Å²) in [5.41, 5.74) is -1.27. The molecule has 9 heteroatoms. The average Bonchev–Trinajstić information content (AvgIpc) is 2.82. The lowest BCUT2D eigenvalue weighted by Crippen LogP contribution is -2.45. The van der Waals surface area contributed by atoms with Crippen molar-refractivity contribution in [2.45, 2.75) is 37.4 Å². The van der Waals surface area contributed by atoms with E-state index < -0.39 is 23.2 Å². The summed E-state index contributed by atoms with van der Waals surface area (Å²) in [6.45, 7) is 1.67. The Bertz CT molecular complexity index is 885. The van der Waals surface area contributed by atoms with Crippen LogP contribution in [0.15, 0.2) is 23.0 Å². The van der Waals surface area contributed by atoms with Gasteiger partial charge in [-0.3, -0.25) is 4.79 Å². The first-order valence-corrected chi connectivity index (χ1v) is 9.75. The fourth-order valence-corrected chi connectivity index (χ4v) is 4.80. The van der Waals surface area contributed by atoms with Gasteiger partial charge in [0.05, 0.1) is 27.7 Å². The zero-order valence-corrected chi connectivity index (χ0v) is 17.7. The number of aliphatic hydroxyl groups is 2. The summed E-state index contributed by atoms with van der Waals surface area (Å²) in [4.78, 5) is 12.6. The molecule has 26 heavy (non-hydrogen) atoms. The maximum Gasteiger partial charge on any atom is 0.270 e. The molecule has 1 aliphatic rings. The SMILES string of the molecule is Cn1nc(Oc2c(Cl)cc(I)cc2Cl)cc(C2(C)C(O)CCC2O)c1=O. The first-order valence-electron chi connectivity index (χ1n) is 7.92. The number of hydrogen-bond acceptors (Lipinski definition) is 5. The quantitative estimate of drug-likeness (QED) is 0.619. The van der Waals surface area contributed by atoms with Crippen molar-refractivity contribution in [1.82, 2.24) is 9.78 Å². The van der Waals surface area contributed by atoms with Gasteiger partial charge in [0, 0.05) is 22.2 Å². The highest BCUT2D eigenvalue weighted by molar-refractivity contribution is 14.1. The highest BCUT2D eigenvalue weighted by Crippen LogP contribution is 2.42. The summed E-state index contributed by atoms with van der Waals surface area (Å²) >= 11 is 14.5. The van der Waals surface area contributed by atoms with Crippen molar-refractivity contribution in [3.8, 4) is 11.6 Å². The van der Waals surface area contributed by atoms with Crippen LogP contribution in [-0.2, 0) is 12.5 Å². The lowest BCUT2D eigenvalue weighted by molar-refractivity contribution is 0.0442. The van der Waals surface area contributed by atoms with Crippen LogP contribution in [0.1, 0.15) is 25.3 Å². The van der Waals surface area contributed by atoms with Crippen LogP contribution in [0, 0.1) is 3.57 Å². The number of aryl methyl sites for hydroxylation is 1. The predicted octanol–water partition coefficient (Wildman–Crippen LogP) is 3.26. The number of rotatable bonds is 3. The van der Waals surface area contributed by atoms with E-state index in [1.807, 2.05) is 0 Å². The maximum absolute atomic E-state index is 12.6. The second-order valence-electron chi connectivity index (χ2n) is 6.52. The number of benzene rings is 1. The molecule has 3 rings (SSSR count). The van der Waals surface area contributed by atoms with Crippen LogP contribution in [0.2, 0.25) is 10.0 Å². The molecule has 0 saturated heterocycles. The number of aliphatic hydroxyl groups excluding tert-OH is 2. The van der Waals surface area contributed by atoms with Crippen molar-refractivity contribution in [1.29, 1.82) is 0 Å². The molecule has 0 radical (unpaired) electrons. The fraction of sp³-hybridized carbons (Fsp3) is 0.412. The zero-order chi connectivity index (χ0) is 19.2. The van der Waals surface area contributed by atoms with Crippen molar-refractivity contribution in [3.05, 3.63) is 47.7 Å². The first kappa shape index (κ1) is 19.9. The molecule has 1 aliphatic carbocycles. The van der Waals surface area contributed by atoms with Crippen LogP contribution >= 0.6 is 45.8 Å². The summed E-state index contributed by atoms with van der Waals surface area (Å²) in [5.74, 6) is 0.322. The van der Waals surface area contributed by atoms with Crippen LogP contribution in [0.3, 0.4) is 0 Å². The van der Waals surface area contributed by atoms with Crippen LogP contribution in [0.5, 0.6) is 11.6 Å². The number of ether oxygens (including phenoxy) is 1. The van der Waals surface area contributed by atoms with E-state index >= 15 is 0 Å². The van der Waals surface area contributed by atoms with Gasteiger partial charge in [0.2, 0.25) is 5.88 Å². The third-order valence-corrected chi connectivity index (χ3v) is 6.07. The summed E-state index contributed by atoms with van der Waals surface area (Å²) < 4.78 is 7.71. The van der Waals surface area contributed by atoms with Gasteiger partial charge in [-0.25, -0.2) is 4.68 Å². The maximum atomic E-state index is 12.6.